The van der Waals surface area contributed by atoms with E-state index in [0.717, 1.165) is 6.07 Å². The van der Waals surface area contributed by atoms with Crippen molar-refractivity contribution in [2.24, 2.45) is 0 Å². The quantitative estimate of drug-likeness (QED) is 0.645. The van der Waals surface area contributed by atoms with Crippen molar-refractivity contribution in [3.63, 3.8) is 0 Å². The summed E-state index contributed by atoms with van der Waals surface area (Å²) in [4.78, 5) is 9.95. The van der Waals surface area contributed by atoms with Crippen LogP contribution in [0, 0.1) is 10.1 Å². The van der Waals surface area contributed by atoms with Gasteiger partial charge in [0.05, 0.1) is 21.6 Å². The Morgan fingerprint density at radius 2 is 1.83 bits per heavy atom. The van der Waals surface area contributed by atoms with Crippen LogP contribution in [0.3, 0.4) is 0 Å². The zero-order chi connectivity index (χ0) is 17.0. The lowest BCUT2D eigenvalue weighted by Crippen LogP contribution is -2.15. The van der Waals surface area contributed by atoms with Crippen molar-refractivity contribution in [3.05, 3.63) is 58.6 Å². The van der Waals surface area contributed by atoms with E-state index >= 15 is 0 Å². The number of nitrogens with one attached hydrogen (secondary N) is 1. The maximum atomic E-state index is 12.4. The SMILES string of the molecule is CC(C)Oc1ccccc1NS(=O)(=O)c1cccc([N+](=O)[O-])c1. The molecule has 23 heavy (non-hydrogen) atoms. The van der Waals surface area contributed by atoms with Gasteiger partial charge in [0.2, 0.25) is 0 Å². The van der Waals surface area contributed by atoms with Crippen LogP contribution >= 0.6 is 0 Å². The molecular weight excluding hydrogens is 320 g/mol. The van der Waals surface area contributed by atoms with Crippen LogP contribution in [0.25, 0.3) is 0 Å². The summed E-state index contributed by atoms with van der Waals surface area (Å²) in [6.45, 7) is 3.65. The molecule has 0 aliphatic rings. The summed E-state index contributed by atoms with van der Waals surface area (Å²) in [5, 5.41) is 10.8. The van der Waals surface area contributed by atoms with Crippen LogP contribution in [0.2, 0.25) is 0 Å². The molecular formula is C15H16N2O5S. The van der Waals surface area contributed by atoms with Gasteiger partial charge in [-0.3, -0.25) is 14.8 Å². The maximum Gasteiger partial charge on any atom is 0.270 e. The molecule has 0 aromatic heterocycles. The van der Waals surface area contributed by atoms with Gasteiger partial charge >= 0.3 is 0 Å². The number of hydrogen-bond donors (Lipinski definition) is 1. The monoisotopic (exact) mass is 336 g/mol. The van der Waals surface area contributed by atoms with E-state index in [2.05, 4.69) is 4.72 Å². The van der Waals surface area contributed by atoms with Crippen LogP contribution in [0.4, 0.5) is 11.4 Å². The molecule has 0 bridgehead atoms. The van der Waals surface area contributed by atoms with E-state index in [1.807, 2.05) is 13.8 Å². The molecule has 2 rings (SSSR count). The first kappa shape index (κ1) is 16.8. The molecule has 1 N–H and O–H groups in total. The highest BCUT2D eigenvalue weighted by Gasteiger charge is 2.19. The van der Waals surface area contributed by atoms with Crippen molar-refractivity contribution in [2.45, 2.75) is 24.8 Å². The number of rotatable bonds is 6. The Bertz CT molecular complexity index is 818. The number of sulfonamides is 1. The maximum absolute atomic E-state index is 12.4. The molecule has 0 fully saturated rings. The minimum Gasteiger partial charge on any atom is -0.489 e. The van der Waals surface area contributed by atoms with E-state index in [1.54, 1.807) is 24.3 Å². The van der Waals surface area contributed by atoms with E-state index in [4.69, 9.17) is 4.74 Å². The van der Waals surface area contributed by atoms with Gasteiger partial charge in [0.15, 0.2) is 0 Å². The largest absolute Gasteiger partial charge is 0.489 e. The zero-order valence-electron chi connectivity index (χ0n) is 12.6. The second-order valence-corrected chi connectivity index (χ2v) is 6.71. The van der Waals surface area contributed by atoms with Crippen molar-refractivity contribution in [1.29, 1.82) is 0 Å². The summed E-state index contributed by atoms with van der Waals surface area (Å²) in [6.07, 6.45) is -0.126. The van der Waals surface area contributed by atoms with Gasteiger partial charge in [-0.2, -0.15) is 0 Å². The standard InChI is InChI=1S/C15H16N2O5S/c1-11(2)22-15-9-4-3-8-14(15)16-23(20,21)13-7-5-6-12(10-13)17(18)19/h3-11,16H,1-2H3. The fourth-order valence-electron chi connectivity index (χ4n) is 1.88. The average molecular weight is 336 g/mol. The Hall–Kier alpha value is -2.61. The highest BCUT2D eigenvalue weighted by Crippen LogP contribution is 2.28. The van der Waals surface area contributed by atoms with E-state index in [1.165, 1.54) is 18.2 Å². The number of ether oxygens (including phenoxy) is 1. The second kappa shape index (κ2) is 6.66. The lowest BCUT2D eigenvalue weighted by atomic mass is 10.3. The van der Waals surface area contributed by atoms with E-state index < -0.39 is 14.9 Å². The summed E-state index contributed by atoms with van der Waals surface area (Å²) in [6, 6.07) is 11.5. The van der Waals surface area contributed by atoms with Crippen LogP contribution in [0.15, 0.2) is 53.4 Å². The summed E-state index contributed by atoms with van der Waals surface area (Å²) in [5.41, 5.74) is -0.0210. The lowest BCUT2D eigenvalue weighted by molar-refractivity contribution is -0.385. The lowest BCUT2D eigenvalue weighted by Gasteiger charge is -2.15. The van der Waals surface area contributed by atoms with Crippen molar-refractivity contribution in [2.75, 3.05) is 4.72 Å². The van der Waals surface area contributed by atoms with Gasteiger partial charge in [-0.1, -0.05) is 18.2 Å². The first-order valence-electron chi connectivity index (χ1n) is 6.82. The number of hydrogen-bond acceptors (Lipinski definition) is 5. The Labute approximate surface area is 134 Å². The summed E-state index contributed by atoms with van der Waals surface area (Å²) >= 11 is 0. The third kappa shape index (κ3) is 4.19. The molecule has 0 amide bonds. The minimum atomic E-state index is -3.96. The Morgan fingerprint density at radius 3 is 2.48 bits per heavy atom. The molecule has 0 saturated heterocycles. The summed E-state index contributed by atoms with van der Waals surface area (Å²) < 4.78 is 32.8. The van der Waals surface area contributed by atoms with Gasteiger partial charge < -0.3 is 4.74 Å². The number of nitro benzene ring substituents is 1. The number of para-hydroxylation sites is 2. The predicted molar refractivity (Wildman–Crippen MR) is 86.1 cm³/mol. The fourth-order valence-corrected chi connectivity index (χ4v) is 2.99. The second-order valence-electron chi connectivity index (χ2n) is 5.02. The highest BCUT2D eigenvalue weighted by atomic mass is 32.2. The number of nitro groups is 1. The molecule has 7 nitrogen and oxygen atoms in total. The van der Waals surface area contributed by atoms with Gasteiger partial charge in [-0.25, -0.2) is 8.42 Å². The average Bonchev–Trinajstić information content (AvgIpc) is 2.48. The minimum absolute atomic E-state index is 0.126. The molecule has 122 valence electrons. The molecule has 0 saturated carbocycles. The highest BCUT2D eigenvalue weighted by molar-refractivity contribution is 7.92. The van der Waals surface area contributed by atoms with Gasteiger partial charge in [0.1, 0.15) is 5.75 Å². The Balaban J connectivity index is 2.36. The smallest absolute Gasteiger partial charge is 0.270 e. The van der Waals surface area contributed by atoms with E-state index in [-0.39, 0.29) is 22.4 Å². The molecule has 0 aliphatic heterocycles. The van der Waals surface area contributed by atoms with Crippen LogP contribution < -0.4 is 9.46 Å². The third-order valence-corrected chi connectivity index (χ3v) is 4.20. The zero-order valence-corrected chi connectivity index (χ0v) is 13.4. The van der Waals surface area contributed by atoms with Gasteiger partial charge in [0.25, 0.3) is 15.7 Å². The van der Waals surface area contributed by atoms with Crippen LogP contribution in [0.1, 0.15) is 13.8 Å². The first-order chi connectivity index (χ1) is 10.8. The number of non-ortho nitro benzene ring substituents is 1. The molecule has 2 aromatic carbocycles. The molecule has 0 heterocycles. The Kier molecular flexibility index (Phi) is 4.85. The fraction of sp³-hybridized carbons (Fsp3) is 0.200. The molecule has 0 unspecified atom stereocenters. The van der Waals surface area contributed by atoms with Crippen molar-refractivity contribution >= 4 is 21.4 Å². The third-order valence-electron chi connectivity index (χ3n) is 2.83. The van der Waals surface area contributed by atoms with Crippen LogP contribution in [-0.2, 0) is 10.0 Å². The number of nitrogens with zero attached hydrogens (tertiary/aromatic N) is 1. The van der Waals surface area contributed by atoms with Crippen molar-refractivity contribution < 1.29 is 18.1 Å². The van der Waals surface area contributed by atoms with E-state index in [0.29, 0.717) is 5.75 Å². The number of anilines is 1. The van der Waals surface area contributed by atoms with Crippen molar-refractivity contribution in [3.8, 4) is 5.75 Å². The van der Waals surface area contributed by atoms with E-state index in [9.17, 15) is 18.5 Å². The predicted octanol–water partition coefficient (Wildman–Crippen LogP) is 3.18. The number of benzene rings is 2. The molecule has 8 heteroatoms. The molecule has 0 atom stereocenters. The first-order valence-corrected chi connectivity index (χ1v) is 8.31. The van der Waals surface area contributed by atoms with Gasteiger partial charge in [-0.15, -0.1) is 0 Å². The summed E-state index contributed by atoms with van der Waals surface area (Å²) in [5.74, 6) is 0.386. The molecule has 0 radical (unpaired) electrons. The normalized spacial score (nSPS) is 11.3. The Morgan fingerprint density at radius 1 is 1.13 bits per heavy atom. The summed E-state index contributed by atoms with van der Waals surface area (Å²) in [7, 11) is -3.96. The van der Waals surface area contributed by atoms with Gasteiger partial charge in [0, 0.05) is 12.1 Å². The molecule has 0 aliphatic carbocycles. The van der Waals surface area contributed by atoms with Gasteiger partial charge in [-0.05, 0) is 32.0 Å². The molecule has 2 aromatic rings. The van der Waals surface area contributed by atoms with Crippen molar-refractivity contribution in [1.82, 2.24) is 0 Å². The van der Waals surface area contributed by atoms with Crippen LogP contribution in [-0.4, -0.2) is 19.4 Å². The molecule has 0 spiro atoms. The van der Waals surface area contributed by atoms with Crippen LogP contribution in [0.5, 0.6) is 5.75 Å². The topological polar surface area (TPSA) is 98.5 Å².